The quantitative estimate of drug-likeness (QED) is 0.493. The third-order valence-corrected chi connectivity index (χ3v) is 6.99. The Hall–Kier alpha value is -2.76. The van der Waals surface area contributed by atoms with E-state index < -0.39 is 0 Å². The fourth-order valence-electron chi connectivity index (χ4n) is 3.84. The van der Waals surface area contributed by atoms with E-state index in [0.29, 0.717) is 65.3 Å². The number of rotatable bonds is 6. The number of fused-ring (bicyclic) bond motifs is 1. The van der Waals surface area contributed by atoms with E-state index in [1.54, 1.807) is 31.5 Å². The molecule has 0 bridgehead atoms. The summed E-state index contributed by atoms with van der Waals surface area (Å²) >= 11 is 6.51. The van der Waals surface area contributed by atoms with Crippen molar-refractivity contribution in [1.82, 2.24) is 14.3 Å². The zero-order chi connectivity index (χ0) is 22.8. The van der Waals surface area contributed by atoms with Crippen molar-refractivity contribution in [2.24, 2.45) is 11.7 Å². The molecule has 2 aromatic rings. The van der Waals surface area contributed by atoms with Gasteiger partial charge in [-0.3, -0.25) is 23.7 Å². The van der Waals surface area contributed by atoms with Crippen LogP contribution in [0.3, 0.4) is 0 Å². The van der Waals surface area contributed by atoms with E-state index in [9.17, 15) is 14.4 Å². The molecular formula is C21H23N5O4S2. The molecule has 4 rings (SSSR count). The lowest BCUT2D eigenvalue weighted by atomic mass is 9.96. The van der Waals surface area contributed by atoms with Crippen LogP contribution in [0.1, 0.15) is 18.4 Å². The van der Waals surface area contributed by atoms with Gasteiger partial charge in [0.05, 0.1) is 23.6 Å². The van der Waals surface area contributed by atoms with Gasteiger partial charge in [0, 0.05) is 32.3 Å². The summed E-state index contributed by atoms with van der Waals surface area (Å²) < 4.78 is 6.94. The Morgan fingerprint density at radius 1 is 1.34 bits per heavy atom. The van der Waals surface area contributed by atoms with Gasteiger partial charge in [-0.05, 0) is 31.1 Å². The first-order chi connectivity index (χ1) is 15.4. The van der Waals surface area contributed by atoms with Gasteiger partial charge in [-0.1, -0.05) is 30.0 Å². The maximum absolute atomic E-state index is 13.4. The number of ether oxygens (including phenoxy) is 1. The number of thioether (sulfide) groups is 1. The normalized spacial score (nSPS) is 18.8. The topological polar surface area (TPSA) is 110 Å². The van der Waals surface area contributed by atoms with Crippen LogP contribution in [0.15, 0.2) is 34.1 Å². The zero-order valence-electron chi connectivity index (χ0n) is 17.5. The van der Waals surface area contributed by atoms with Crippen molar-refractivity contribution in [3.05, 3.63) is 45.2 Å². The molecule has 0 aromatic carbocycles. The Morgan fingerprint density at radius 2 is 2.09 bits per heavy atom. The summed E-state index contributed by atoms with van der Waals surface area (Å²) in [6.45, 7) is 1.79. The van der Waals surface area contributed by atoms with Gasteiger partial charge in [0.2, 0.25) is 5.91 Å². The Bertz CT molecular complexity index is 1170. The molecule has 11 heteroatoms. The number of primary amides is 1. The van der Waals surface area contributed by atoms with Crippen LogP contribution < -0.4 is 16.2 Å². The second-order valence-corrected chi connectivity index (χ2v) is 9.25. The maximum Gasteiger partial charge on any atom is 0.267 e. The number of methoxy groups -OCH3 is 1. The minimum absolute atomic E-state index is 0.187. The third kappa shape index (κ3) is 4.27. The molecule has 2 saturated heterocycles. The minimum Gasteiger partial charge on any atom is -0.383 e. The molecule has 2 aromatic heterocycles. The molecule has 4 heterocycles. The van der Waals surface area contributed by atoms with Crippen molar-refractivity contribution in [2.45, 2.75) is 12.8 Å². The predicted molar refractivity (Wildman–Crippen MR) is 127 cm³/mol. The number of thiocarbonyl (C=S) groups is 1. The number of amides is 2. The number of aromatic nitrogens is 2. The van der Waals surface area contributed by atoms with Gasteiger partial charge in [-0.2, -0.15) is 0 Å². The first-order valence-electron chi connectivity index (χ1n) is 10.2. The van der Waals surface area contributed by atoms with Gasteiger partial charge >= 0.3 is 0 Å². The highest BCUT2D eigenvalue weighted by Gasteiger charge is 2.33. The number of nitrogens with two attached hydrogens (primary N) is 1. The lowest BCUT2D eigenvalue weighted by Gasteiger charge is -2.32. The number of hydrogen-bond acceptors (Lipinski definition) is 8. The summed E-state index contributed by atoms with van der Waals surface area (Å²) in [5, 5.41) is 0. The molecule has 0 atom stereocenters. The molecule has 0 aliphatic carbocycles. The van der Waals surface area contributed by atoms with Crippen LogP contribution in [-0.2, 0) is 14.3 Å². The monoisotopic (exact) mass is 473 g/mol. The smallest absolute Gasteiger partial charge is 0.267 e. The molecule has 9 nitrogen and oxygen atoms in total. The molecule has 168 valence electrons. The Morgan fingerprint density at radius 3 is 2.78 bits per heavy atom. The highest BCUT2D eigenvalue weighted by Crippen LogP contribution is 2.34. The largest absolute Gasteiger partial charge is 0.383 e. The van der Waals surface area contributed by atoms with Crippen LogP contribution >= 0.6 is 24.0 Å². The number of nitrogens with zero attached hydrogens (tertiary/aromatic N) is 4. The van der Waals surface area contributed by atoms with E-state index in [-0.39, 0.29) is 23.3 Å². The van der Waals surface area contributed by atoms with E-state index in [4.69, 9.17) is 27.7 Å². The standard InChI is InChI=1S/C21H23N5O4S2/c1-30-11-10-26-20(29)15(32-21(26)31)12-14-18(24-8-5-13(6-9-24)17(22)27)23-16-4-2-3-7-25(16)19(14)28/h2-4,7,12-13H,5-6,8-11H2,1H3,(H2,22,27)/b15-12+. The zero-order valence-corrected chi connectivity index (χ0v) is 19.2. The van der Waals surface area contributed by atoms with Gasteiger partial charge < -0.3 is 15.4 Å². The molecule has 2 aliphatic heterocycles. The molecule has 2 amide bonds. The molecule has 2 N–H and O–H groups in total. The lowest BCUT2D eigenvalue weighted by molar-refractivity contribution is -0.123. The van der Waals surface area contributed by atoms with E-state index in [1.807, 2.05) is 11.0 Å². The molecule has 0 saturated carbocycles. The number of hydrogen-bond donors (Lipinski definition) is 1. The van der Waals surface area contributed by atoms with E-state index in [0.717, 1.165) is 11.8 Å². The molecule has 0 radical (unpaired) electrons. The summed E-state index contributed by atoms with van der Waals surface area (Å²) in [4.78, 5) is 46.4. The van der Waals surface area contributed by atoms with Crippen molar-refractivity contribution >= 4 is 57.7 Å². The van der Waals surface area contributed by atoms with Crippen LogP contribution in [0.5, 0.6) is 0 Å². The summed E-state index contributed by atoms with van der Waals surface area (Å²) in [5.41, 5.74) is 6.02. The average molecular weight is 474 g/mol. The van der Waals surface area contributed by atoms with Gasteiger partial charge in [0.1, 0.15) is 15.8 Å². The van der Waals surface area contributed by atoms with E-state index >= 15 is 0 Å². The van der Waals surface area contributed by atoms with E-state index in [1.165, 1.54) is 9.30 Å². The summed E-state index contributed by atoms with van der Waals surface area (Å²) in [6.07, 6.45) is 4.40. The molecule has 32 heavy (non-hydrogen) atoms. The van der Waals surface area contributed by atoms with Gasteiger partial charge in [0.15, 0.2) is 0 Å². The molecule has 0 spiro atoms. The first kappa shape index (κ1) is 22.4. The Labute approximate surface area is 194 Å². The number of anilines is 1. The number of carbonyl (C=O) groups excluding carboxylic acids is 2. The van der Waals surface area contributed by atoms with Crippen molar-refractivity contribution in [3.63, 3.8) is 0 Å². The van der Waals surface area contributed by atoms with Gasteiger partial charge in [-0.15, -0.1) is 0 Å². The minimum atomic E-state index is -0.309. The fraction of sp³-hybridized carbons (Fsp3) is 0.381. The molecular weight excluding hydrogens is 450 g/mol. The highest BCUT2D eigenvalue weighted by atomic mass is 32.2. The van der Waals surface area contributed by atoms with Crippen LogP contribution in [0.2, 0.25) is 0 Å². The van der Waals surface area contributed by atoms with Gasteiger partial charge in [-0.25, -0.2) is 4.98 Å². The van der Waals surface area contributed by atoms with Crippen molar-refractivity contribution in [3.8, 4) is 0 Å². The van der Waals surface area contributed by atoms with E-state index in [2.05, 4.69) is 0 Å². The number of piperidine rings is 1. The molecule has 2 aliphatic rings. The first-order valence-corrected chi connectivity index (χ1v) is 11.4. The average Bonchev–Trinajstić information content (AvgIpc) is 3.06. The summed E-state index contributed by atoms with van der Waals surface area (Å²) in [5.74, 6) is -0.260. The van der Waals surface area contributed by atoms with Crippen LogP contribution in [0.4, 0.5) is 5.82 Å². The van der Waals surface area contributed by atoms with Crippen molar-refractivity contribution < 1.29 is 14.3 Å². The maximum atomic E-state index is 13.4. The van der Waals surface area contributed by atoms with Crippen LogP contribution in [-0.4, -0.2) is 63.8 Å². The molecule has 0 unspecified atom stereocenters. The SMILES string of the molecule is COCCN1C(=O)/C(=C\c2c(N3CCC(C(N)=O)CC3)nc3ccccn3c2=O)SC1=S. The Kier molecular flexibility index (Phi) is 6.58. The van der Waals surface area contributed by atoms with Gasteiger partial charge in [0.25, 0.3) is 11.5 Å². The molecule has 2 fully saturated rings. The summed E-state index contributed by atoms with van der Waals surface area (Å²) in [6, 6.07) is 5.32. The van der Waals surface area contributed by atoms with Crippen molar-refractivity contribution in [1.29, 1.82) is 0 Å². The Balaban J connectivity index is 1.76. The highest BCUT2D eigenvalue weighted by molar-refractivity contribution is 8.26. The van der Waals surface area contributed by atoms with Crippen molar-refractivity contribution in [2.75, 3.05) is 38.3 Å². The predicted octanol–water partition coefficient (Wildman–Crippen LogP) is 1.24. The second-order valence-electron chi connectivity index (χ2n) is 7.57. The van der Waals surface area contributed by atoms with Crippen LogP contribution in [0, 0.1) is 5.92 Å². The number of pyridine rings is 1. The lowest BCUT2D eigenvalue weighted by Crippen LogP contribution is -2.40. The summed E-state index contributed by atoms with van der Waals surface area (Å²) in [7, 11) is 1.56. The fourth-order valence-corrected chi connectivity index (χ4v) is 5.13. The second kappa shape index (κ2) is 9.39. The van der Waals surface area contributed by atoms with Crippen LogP contribution in [0.25, 0.3) is 11.7 Å². The third-order valence-electron chi connectivity index (χ3n) is 5.61. The number of carbonyl (C=O) groups is 2.